The zero-order chi connectivity index (χ0) is 27.8. The topological polar surface area (TPSA) is 12.5 Å². The summed E-state index contributed by atoms with van der Waals surface area (Å²) < 4.78 is 7.45. The number of halogens is 2. The van der Waals surface area contributed by atoms with Crippen molar-refractivity contribution < 1.29 is 4.74 Å². The van der Waals surface area contributed by atoms with Crippen LogP contribution in [0, 0.1) is 5.92 Å². The lowest BCUT2D eigenvalue weighted by molar-refractivity contribution is -0.141. The largest absolute Gasteiger partial charge is 0.365 e. The first-order valence-electron chi connectivity index (χ1n) is 15.1. The molecule has 3 saturated carbocycles. The zero-order valence-corrected chi connectivity index (χ0v) is 24.9. The molecule has 4 heteroatoms. The van der Waals surface area contributed by atoms with Gasteiger partial charge in [0.15, 0.2) is 0 Å². The summed E-state index contributed by atoms with van der Waals surface area (Å²) in [7, 11) is 0. The molecular formula is C37H37Cl2NO. The number of rotatable bonds is 7. The van der Waals surface area contributed by atoms with Crippen LogP contribution in [-0.2, 0) is 4.74 Å². The van der Waals surface area contributed by atoms with Gasteiger partial charge in [0.25, 0.3) is 0 Å². The van der Waals surface area contributed by atoms with Crippen LogP contribution in [0.2, 0.25) is 10.0 Å². The molecular weight excluding hydrogens is 545 g/mol. The molecule has 1 saturated heterocycles. The SMILES string of the molecule is Clc1ccc(C(O[C@@H]2CC3(N4CCCC4)C[C@@H](c4ccccc4)C2[C@H](c2ccccc2)C3)c2ccc(Cl)cc2)cc1. The van der Waals surface area contributed by atoms with Gasteiger partial charge in [0.2, 0.25) is 0 Å². The molecule has 4 aromatic carbocycles. The molecule has 0 N–H and O–H groups in total. The Kier molecular flexibility index (Phi) is 7.69. The molecule has 2 nitrogen and oxygen atoms in total. The fourth-order valence-corrected chi connectivity index (χ4v) is 8.50. The molecule has 3 aliphatic carbocycles. The number of nitrogens with zero attached hydrogens (tertiary/aromatic N) is 1. The summed E-state index contributed by atoms with van der Waals surface area (Å²) in [6.45, 7) is 2.39. The minimum atomic E-state index is -0.197. The first-order chi connectivity index (χ1) is 20.1. The summed E-state index contributed by atoms with van der Waals surface area (Å²) in [5.41, 5.74) is 5.28. The van der Waals surface area contributed by atoms with Gasteiger partial charge in [-0.1, -0.05) is 108 Å². The van der Waals surface area contributed by atoms with Gasteiger partial charge in [-0.05, 0) is 109 Å². The molecule has 0 aromatic heterocycles. The van der Waals surface area contributed by atoms with Gasteiger partial charge in [-0.25, -0.2) is 0 Å². The monoisotopic (exact) mass is 581 g/mol. The van der Waals surface area contributed by atoms with Gasteiger partial charge in [-0.3, -0.25) is 4.90 Å². The van der Waals surface area contributed by atoms with E-state index in [-0.39, 0.29) is 17.7 Å². The second kappa shape index (κ2) is 11.6. The first kappa shape index (κ1) is 27.2. The highest BCUT2D eigenvalue weighted by Crippen LogP contribution is 2.61. The van der Waals surface area contributed by atoms with Crippen LogP contribution in [0.3, 0.4) is 0 Å². The third-order valence-electron chi connectivity index (χ3n) is 10.0. The summed E-state index contributed by atoms with van der Waals surface area (Å²) in [6.07, 6.45) is 5.97. The fraction of sp³-hybridized carbons (Fsp3) is 0.351. The van der Waals surface area contributed by atoms with Crippen molar-refractivity contribution in [2.45, 2.75) is 61.7 Å². The molecule has 1 aliphatic heterocycles. The van der Waals surface area contributed by atoms with E-state index in [1.165, 1.54) is 49.9 Å². The van der Waals surface area contributed by atoms with Crippen LogP contribution >= 0.6 is 23.2 Å². The summed E-state index contributed by atoms with van der Waals surface area (Å²) in [5, 5.41) is 1.48. The van der Waals surface area contributed by atoms with E-state index in [9.17, 15) is 0 Å². The molecule has 2 bridgehead atoms. The third kappa shape index (κ3) is 5.37. The average Bonchev–Trinajstić information content (AvgIpc) is 3.58. The fourth-order valence-electron chi connectivity index (χ4n) is 8.25. The Bertz CT molecular complexity index is 1340. The lowest BCUT2D eigenvalue weighted by Crippen LogP contribution is -2.62. The molecule has 0 radical (unpaired) electrons. The number of benzene rings is 4. The number of likely N-dealkylation sites (tertiary alicyclic amines) is 1. The minimum absolute atomic E-state index is 0.102. The number of hydrogen-bond acceptors (Lipinski definition) is 2. The van der Waals surface area contributed by atoms with E-state index in [0.29, 0.717) is 17.8 Å². The molecule has 4 fully saturated rings. The third-order valence-corrected chi connectivity index (χ3v) is 10.5. The zero-order valence-electron chi connectivity index (χ0n) is 23.3. The maximum atomic E-state index is 7.45. The Labute approximate surface area is 254 Å². The second-order valence-electron chi connectivity index (χ2n) is 12.3. The average molecular weight is 583 g/mol. The van der Waals surface area contributed by atoms with E-state index in [2.05, 4.69) is 89.8 Å². The van der Waals surface area contributed by atoms with Crippen LogP contribution in [0.5, 0.6) is 0 Å². The molecule has 1 heterocycles. The normalized spacial score (nSPS) is 27.9. The van der Waals surface area contributed by atoms with Crippen molar-refractivity contribution in [3.8, 4) is 0 Å². The quantitative estimate of drug-likeness (QED) is 0.215. The van der Waals surface area contributed by atoms with Crippen molar-refractivity contribution in [1.29, 1.82) is 0 Å². The number of fused-ring (bicyclic) bond motifs is 3. The van der Waals surface area contributed by atoms with Gasteiger partial charge in [0.1, 0.15) is 6.10 Å². The van der Waals surface area contributed by atoms with Crippen molar-refractivity contribution in [2.24, 2.45) is 5.92 Å². The van der Waals surface area contributed by atoms with Crippen LogP contribution in [0.25, 0.3) is 0 Å². The highest BCUT2D eigenvalue weighted by molar-refractivity contribution is 6.30. The van der Waals surface area contributed by atoms with E-state index in [0.717, 1.165) is 27.6 Å². The van der Waals surface area contributed by atoms with Gasteiger partial charge in [-0.15, -0.1) is 0 Å². The molecule has 4 aromatic rings. The van der Waals surface area contributed by atoms with E-state index < -0.39 is 0 Å². The molecule has 0 amide bonds. The van der Waals surface area contributed by atoms with Gasteiger partial charge >= 0.3 is 0 Å². The van der Waals surface area contributed by atoms with E-state index >= 15 is 0 Å². The standard InChI is InChI=1S/C37H37Cl2NO/c38-30-17-13-28(14-18-30)36(29-15-19-31(39)20-16-29)41-34-25-37(40-21-7-8-22-40)23-32(26-9-3-1-4-10-26)35(34)33(24-37)27-11-5-2-6-12-27/h1-6,9-20,32-36H,7-8,21-25H2/t32-,33-,34+,35?,37?/m0/s1. The van der Waals surface area contributed by atoms with Gasteiger partial charge in [-0.2, -0.15) is 0 Å². The maximum absolute atomic E-state index is 7.45. The summed E-state index contributed by atoms with van der Waals surface area (Å²) in [6, 6.07) is 38.8. The Morgan fingerprint density at radius 1 is 0.610 bits per heavy atom. The minimum Gasteiger partial charge on any atom is -0.365 e. The lowest BCUT2D eigenvalue weighted by atomic mass is 9.51. The summed E-state index contributed by atoms with van der Waals surface area (Å²) in [4.78, 5) is 2.84. The summed E-state index contributed by atoms with van der Waals surface area (Å²) >= 11 is 12.7. The van der Waals surface area contributed by atoms with Crippen molar-refractivity contribution in [3.63, 3.8) is 0 Å². The molecule has 210 valence electrons. The van der Waals surface area contributed by atoms with Gasteiger partial charge in [0, 0.05) is 15.6 Å². The van der Waals surface area contributed by atoms with Crippen molar-refractivity contribution >= 4 is 23.2 Å². The smallest absolute Gasteiger partial charge is 0.108 e. The van der Waals surface area contributed by atoms with E-state index in [4.69, 9.17) is 27.9 Å². The van der Waals surface area contributed by atoms with Gasteiger partial charge in [0.05, 0.1) is 6.10 Å². The van der Waals surface area contributed by atoms with Crippen LogP contribution in [0.15, 0.2) is 109 Å². The summed E-state index contributed by atoms with van der Waals surface area (Å²) in [5.74, 6) is 1.25. The highest BCUT2D eigenvalue weighted by atomic mass is 35.5. The number of hydrogen-bond donors (Lipinski definition) is 0. The predicted octanol–water partition coefficient (Wildman–Crippen LogP) is 9.68. The second-order valence-corrected chi connectivity index (χ2v) is 13.2. The lowest BCUT2D eigenvalue weighted by Gasteiger charge is -2.61. The Hall–Kier alpha value is -2.62. The highest BCUT2D eigenvalue weighted by Gasteiger charge is 2.59. The van der Waals surface area contributed by atoms with E-state index in [1.54, 1.807) is 0 Å². The van der Waals surface area contributed by atoms with Gasteiger partial charge < -0.3 is 4.74 Å². The molecule has 3 atom stereocenters. The Morgan fingerprint density at radius 2 is 1.07 bits per heavy atom. The molecule has 0 spiro atoms. The first-order valence-corrected chi connectivity index (χ1v) is 15.9. The van der Waals surface area contributed by atoms with E-state index in [1.807, 2.05) is 24.3 Å². The predicted molar refractivity (Wildman–Crippen MR) is 169 cm³/mol. The Morgan fingerprint density at radius 3 is 1.54 bits per heavy atom. The van der Waals surface area contributed by atoms with Crippen LogP contribution in [0.4, 0.5) is 0 Å². The van der Waals surface area contributed by atoms with Crippen molar-refractivity contribution in [2.75, 3.05) is 13.1 Å². The Balaban J connectivity index is 1.35. The molecule has 4 aliphatic rings. The number of ether oxygens (including phenoxy) is 1. The van der Waals surface area contributed by atoms with Crippen LogP contribution in [-0.4, -0.2) is 29.6 Å². The van der Waals surface area contributed by atoms with Crippen molar-refractivity contribution in [3.05, 3.63) is 141 Å². The molecule has 8 rings (SSSR count). The van der Waals surface area contributed by atoms with Crippen molar-refractivity contribution in [1.82, 2.24) is 4.90 Å². The molecule has 41 heavy (non-hydrogen) atoms. The van der Waals surface area contributed by atoms with Crippen LogP contribution < -0.4 is 0 Å². The molecule has 0 unspecified atom stereocenters. The van der Waals surface area contributed by atoms with Crippen LogP contribution in [0.1, 0.15) is 72.3 Å². The maximum Gasteiger partial charge on any atom is 0.108 e.